The number of para-hydroxylation sites is 1. The Morgan fingerprint density at radius 1 is 1.46 bits per heavy atom. The van der Waals surface area contributed by atoms with Gasteiger partial charge in [0.2, 0.25) is 0 Å². The Hall–Kier alpha value is -1.96. The standard InChI is InChI=1S/C17H19N3O3S/c21-15(22)17-10-20(6-12(17)8-23-11-17)7-14-9-24-16(19-14)18-13-4-2-1-3-5-13/h1-5,9,12H,6-8,10-11H2,(H,18,19)(H,21,22)/t12-,17-/m1/s1. The highest BCUT2D eigenvalue weighted by Crippen LogP contribution is 2.42. The summed E-state index contributed by atoms with van der Waals surface area (Å²) >= 11 is 1.56. The molecule has 0 unspecified atom stereocenters. The van der Waals surface area contributed by atoms with Gasteiger partial charge in [0, 0.05) is 36.6 Å². The smallest absolute Gasteiger partial charge is 0.313 e. The molecule has 4 rings (SSSR count). The normalized spacial score (nSPS) is 26.4. The van der Waals surface area contributed by atoms with Gasteiger partial charge >= 0.3 is 5.97 Å². The van der Waals surface area contributed by atoms with Gasteiger partial charge in [-0.05, 0) is 12.1 Å². The average Bonchev–Trinajstić information content (AvgIpc) is 3.23. The Morgan fingerprint density at radius 3 is 3.04 bits per heavy atom. The molecule has 6 nitrogen and oxygen atoms in total. The number of likely N-dealkylation sites (tertiary alicyclic amines) is 1. The fraction of sp³-hybridized carbons (Fsp3) is 0.412. The fourth-order valence-electron chi connectivity index (χ4n) is 3.57. The number of nitrogens with one attached hydrogen (secondary N) is 1. The summed E-state index contributed by atoms with van der Waals surface area (Å²) in [6.45, 7) is 2.83. The summed E-state index contributed by atoms with van der Waals surface area (Å²) in [6, 6.07) is 9.93. The molecule has 24 heavy (non-hydrogen) atoms. The molecule has 0 amide bonds. The zero-order valence-corrected chi connectivity index (χ0v) is 14.0. The maximum atomic E-state index is 11.7. The van der Waals surface area contributed by atoms with Gasteiger partial charge in [-0.2, -0.15) is 0 Å². The van der Waals surface area contributed by atoms with Gasteiger partial charge in [0.05, 0.1) is 18.9 Å². The Balaban J connectivity index is 1.41. The van der Waals surface area contributed by atoms with Crippen LogP contribution in [0.1, 0.15) is 5.69 Å². The predicted molar refractivity (Wildman–Crippen MR) is 91.5 cm³/mol. The second-order valence-electron chi connectivity index (χ2n) is 6.48. The molecular formula is C17H19N3O3S. The number of hydrogen-bond acceptors (Lipinski definition) is 6. The van der Waals surface area contributed by atoms with E-state index in [4.69, 9.17) is 4.74 Å². The minimum atomic E-state index is -0.739. The molecule has 126 valence electrons. The van der Waals surface area contributed by atoms with Gasteiger partial charge in [-0.3, -0.25) is 9.69 Å². The molecule has 0 aliphatic carbocycles. The lowest BCUT2D eigenvalue weighted by atomic mass is 9.81. The highest BCUT2D eigenvalue weighted by molar-refractivity contribution is 7.13. The summed E-state index contributed by atoms with van der Waals surface area (Å²) in [5, 5.41) is 15.8. The first-order valence-electron chi connectivity index (χ1n) is 7.96. The van der Waals surface area contributed by atoms with Crippen LogP contribution in [0.3, 0.4) is 0 Å². The van der Waals surface area contributed by atoms with Gasteiger partial charge in [-0.1, -0.05) is 18.2 Å². The molecule has 2 aliphatic heterocycles. The van der Waals surface area contributed by atoms with Crippen LogP contribution in [-0.4, -0.2) is 47.3 Å². The Labute approximate surface area is 144 Å². The van der Waals surface area contributed by atoms with Crippen LogP contribution < -0.4 is 5.32 Å². The van der Waals surface area contributed by atoms with Gasteiger partial charge in [-0.15, -0.1) is 11.3 Å². The van der Waals surface area contributed by atoms with Crippen LogP contribution in [0, 0.1) is 11.3 Å². The van der Waals surface area contributed by atoms with E-state index in [1.165, 1.54) is 0 Å². The summed E-state index contributed by atoms with van der Waals surface area (Å²) in [5.74, 6) is -0.659. The largest absolute Gasteiger partial charge is 0.481 e. The third-order valence-corrected chi connectivity index (χ3v) is 5.64. The molecule has 7 heteroatoms. The number of carbonyl (C=O) groups is 1. The van der Waals surface area contributed by atoms with E-state index < -0.39 is 11.4 Å². The fourth-order valence-corrected chi connectivity index (χ4v) is 4.30. The van der Waals surface area contributed by atoms with E-state index in [1.807, 2.05) is 35.7 Å². The van der Waals surface area contributed by atoms with E-state index >= 15 is 0 Å². The lowest BCUT2D eigenvalue weighted by Crippen LogP contribution is -2.38. The van der Waals surface area contributed by atoms with Crippen molar-refractivity contribution in [3.63, 3.8) is 0 Å². The number of carboxylic acid groups (broad SMARTS) is 1. The first-order valence-corrected chi connectivity index (χ1v) is 8.84. The first-order chi connectivity index (χ1) is 11.7. The SMILES string of the molecule is O=C(O)[C@]12COC[C@H]1CN(Cc1csc(Nc3ccccc3)n1)C2. The van der Waals surface area contributed by atoms with E-state index in [9.17, 15) is 9.90 Å². The molecule has 0 radical (unpaired) electrons. The van der Waals surface area contributed by atoms with E-state index in [0.717, 1.165) is 23.1 Å². The highest BCUT2D eigenvalue weighted by atomic mass is 32.1. The van der Waals surface area contributed by atoms with Crippen molar-refractivity contribution in [1.29, 1.82) is 0 Å². The van der Waals surface area contributed by atoms with Crippen molar-refractivity contribution in [3.8, 4) is 0 Å². The molecule has 2 aliphatic rings. The van der Waals surface area contributed by atoms with Crippen LogP contribution >= 0.6 is 11.3 Å². The number of rotatable bonds is 5. The summed E-state index contributed by atoms with van der Waals surface area (Å²) < 4.78 is 5.41. The third kappa shape index (κ3) is 2.79. The minimum absolute atomic E-state index is 0.0792. The van der Waals surface area contributed by atoms with Crippen molar-refractivity contribution in [2.75, 3.05) is 31.6 Å². The Kier molecular flexibility index (Phi) is 3.99. The van der Waals surface area contributed by atoms with E-state index in [1.54, 1.807) is 11.3 Å². The summed E-state index contributed by atoms with van der Waals surface area (Å²) in [5.41, 5.74) is 1.25. The van der Waals surface area contributed by atoms with Gasteiger partial charge in [0.1, 0.15) is 5.41 Å². The van der Waals surface area contributed by atoms with E-state index in [2.05, 4.69) is 15.2 Å². The molecule has 0 spiro atoms. The summed E-state index contributed by atoms with van der Waals surface area (Å²) in [7, 11) is 0. The molecule has 2 atom stereocenters. The van der Waals surface area contributed by atoms with Crippen LogP contribution in [-0.2, 0) is 16.1 Å². The zero-order valence-electron chi connectivity index (χ0n) is 13.1. The monoisotopic (exact) mass is 345 g/mol. The van der Waals surface area contributed by atoms with Crippen molar-refractivity contribution < 1.29 is 14.6 Å². The van der Waals surface area contributed by atoms with Crippen LogP contribution in [0.5, 0.6) is 0 Å². The van der Waals surface area contributed by atoms with E-state index in [-0.39, 0.29) is 5.92 Å². The van der Waals surface area contributed by atoms with Gasteiger partial charge in [0.25, 0.3) is 0 Å². The maximum Gasteiger partial charge on any atom is 0.313 e. The van der Waals surface area contributed by atoms with Crippen molar-refractivity contribution in [1.82, 2.24) is 9.88 Å². The molecule has 2 aromatic rings. The van der Waals surface area contributed by atoms with Crippen molar-refractivity contribution in [2.24, 2.45) is 11.3 Å². The maximum absolute atomic E-state index is 11.7. The number of benzene rings is 1. The number of thiazole rings is 1. The predicted octanol–water partition coefficient (Wildman–Crippen LogP) is 2.42. The number of aliphatic carboxylic acids is 1. The lowest BCUT2D eigenvalue weighted by molar-refractivity contribution is -0.149. The molecule has 0 saturated carbocycles. The van der Waals surface area contributed by atoms with Gasteiger partial charge in [0.15, 0.2) is 5.13 Å². The summed E-state index contributed by atoms with van der Waals surface area (Å²) in [4.78, 5) is 18.5. The Bertz CT molecular complexity index is 736. The molecule has 2 fully saturated rings. The van der Waals surface area contributed by atoms with Crippen molar-refractivity contribution in [2.45, 2.75) is 6.54 Å². The number of aromatic nitrogens is 1. The van der Waals surface area contributed by atoms with Gasteiger partial charge in [-0.25, -0.2) is 4.98 Å². The first kappa shape index (κ1) is 15.6. The molecule has 3 heterocycles. The Morgan fingerprint density at radius 2 is 2.29 bits per heavy atom. The average molecular weight is 345 g/mol. The highest BCUT2D eigenvalue weighted by Gasteiger charge is 2.56. The van der Waals surface area contributed by atoms with Crippen molar-refractivity contribution in [3.05, 3.63) is 41.4 Å². The van der Waals surface area contributed by atoms with Crippen LogP contribution in [0.25, 0.3) is 0 Å². The number of anilines is 2. The molecule has 1 aromatic heterocycles. The number of fused-ring (bicyclic) bond motifs is 1. The van der Waals surface area contributed by atoms with Crippen LogP contribution in [0.15, 0.2) is 35.7 Å². The molecule has 0 bridgehead atoms. The molecule has 1 aromatic carbocycles. The number of ether oxygens (including phenoxy) is 1. The topological polar surface area (TPSA) is 74.7 Å². The number of hydrogen-bond donors (Lipinski definition) is 2. The number of nitrogens with zero attached hydrogens (tertiary/aromatic N) is 2. The van der Waals surface area contributed by atoms with Crippen LogP contribution in [0.2, 0.25) is 0 Å². The quantitative estimate of drug-likeness (QED) is 0.867. The lowest BCUT2D eigenvalue weighted by Gasteiger charge is -2.21. The van der Waals surface area contributed by atoms with Gasteiger partial charge < -0.3 is 15.2 Å². The number of carboxylic acids is 1. The minimum Gasteiger partial charge on any atom is -0.481 e. The van der Waals surface area contributed by atoms with Crippen molar-refractivity contribution >= 4 is 28.1 Å². The third-order valence-electron chi connectivity index (χ3n) is 4.83. The second-order valence-corrected chi connectivity index (χ2v) is 7.34. The molecule has 2 N–H and O–H groups in total. The van der Waals surface area contributed by atoms with E-state index in [0.29, 0.717) is 26.3 Å². The molecule has 2 saturated heterocycles. The molecular weight excluding hydrogens is 326 g/mol. The zero-order chi connectivity index (χ0) is 16.6. The summed E-state index contributed by atoms with van der Waals surface area (Å²) in [6.07, 6.45) is 0. The van der Waals surface area contributed by atoms with Crippen LogP contribution in [0.4, 0.5) is 10.8 Å². The second kappa shape index (κ2) is 6.16.